The van der Waals surface area contributed by atoms with Crippen molar-refractivity contribution in [2.75, 3.05) is 41.5 Å². The van der Waals surface area contributed by atoms with Crippen molar-refractivity contribution in [3.8, 4) is 5.75 Å². The van der Waals surface area contributed by atoms with E-state index in [0.717, 1.165) is 25.3 Å². The molecule has 2 atom stereocenters. The minimum absolute atomic E-state index is 0.354. The van der Waals surface area contributed by atoms with Crippen molar-refractivity contribution in [3.63, 3.8) is 0 Å². The number of rotatable bonds is 6. The van der Waals surface area contributed by atoms with Crippen LogP contribution in [0.15, 0.2) is 18.2 Å². The summed E-state index contributed by atoms with van der Waals surface area (Å²) in [7, 11) is 7.65. The lowest BCUT2D eigenvalue weighted by Gasteiger charge is -2.29. The van der Waals surface area contributed by atoms with Gasteiger partial charge in [-0.3, -0.25) is 4.90 Å². The van der Waals surface area contributed by atoms with E-state index in [0.29, 0.717) is 12.1 Å². The molecule has 1 aliphatic rings. The molecule has 0 saturated carbocycles. The molecule has 19 heavy (non-hydrogen) atoms. The molecule has 1 aliphatic carbocycles. The van der Waals surface area contributed by atoms with Gasteiger partial charge in [-0.25, -0.2) is 0 Å². The molecule has 0 amide bonds. The van der Waals surface area contributed by atoms with E-state index in [1.807, 2.05) is 13.1 Å². The van der Waals surface area contributed by atoms with Crippen molar-refractivity contribution in [1.82, 2.24) is 10.2 Å². The predicted octanol–water partition coefficient (Wildman–Crippen LogP) is 1.46. The van der Waals surface area contributed by atoms with Gasteiger partial charge in [-0.1, -0.05) is 6.07 Å². The van der Waals surface area contributed by atoms with Crippen LogP contribution in [0.4, 0.5) is 0 Å². The largest absolute Gasteiger partial charge is 0.497 e. The molecule has 1 aromatic rings. The van der Waals surface area contributed by atoms with Gasteiger partial charge in [-0.05, 0) is 43.8 Å². The first-order valence-corrected chi connectivity index (χ1v) is 6.74. The predicted molar refractivity (Wildman–Crippen MR) is 76.8 cm³/mol. The second-order valence-electron chi connectivity index (χ2n) is 5.08. The van der Waals surface area contributed by atoms with E-state index in [2.05, 4.69) is 29.4 Å². The maximum absolute atomic E-state index is 5.33. The van der Waals surface area contributed by atoms with Gasteiger partial charge in [-0.15, -0.1) is 0 Å². The molecular weight excluding hydrogens is 240 g/mol. The SMILES string of the molecule is CNC1c2cc(OC)ccc2CC1N(C)CCOC. The van der Waals surface area contributed by atoms with Gasteiger partial charge < -0.3 is 14.8 Å². The number of ether oxygens (including phenoxy) is 2. The van der Waals surface area contributed by atoms with E-state index in [1.54, 1.807) is 14.2 Å². The molecule has 4 nitrogen and oxygen atoms in total. The number of likely N-dealkylation sites (N-methyl/N-ethyl adjacent to an activating group) is 2. The summed E-state index contributed by atoms with van der Waals surface area (Å²) in [5.74, 6) is 0.930. The first-order valence-electron chi connectivity index (χ1n) is 6.74. The summed E-state index contributed by atoms with van der Waals surface area (Å²) in [4.78, 5) is 2.37. The summed E-state index contributed by atoms with van der Waals surface area (Å²) in [6.45, 7) is 1.72. The smallest absolute Gasteiger partial charge is 0.119 e. The summed E-state index contributed by atoms with van der Waals surface area (Å²) < 4.78 is 10.5. The Morgan fingerprint density at radius 3 is 2.79 bits per heavy atom. The van der Waals surface area contributed by atoms with Crippen LogP contribution in [-0.2, 0) is 11.2 Å². The van der Waals surface area contributed by atoms with Gasteiger partial charge in [-0.2, -0.15) is 0 Å². The number of hydrogen-bond donors (Lipinski definition) is 1. The zero-order valence-corrected chi connectivity index (χ0v) is 12.3. The van der Waals surface area contributed by atoms with Gasteiger partial charge in [0.05, 0.1) is 13.7 Å². The minimum Gasteiger partial charge on any atom is -0.497 e. The molecule has 2 rings (SSSR count). The molecule has 0 aromatic heterocycles. The maximum atomic E-state index is 5.33. The fourth-order valence-electron chi connectivity index (χ4n) is 2.89. The van der Waals surface area contributed by atoms with E-state index >= 15 is 0 Å². The molecule has 2 unspecified atom stereocenters. The number of fused-ring (bicyclic) bond motifs is 1. The molecular formula is C15H24N2O2. The number of nitrogens with zero attached hydrogens (tertiary/aromatic N) is 1. The lowest BCUT2D eigenvalue weighted by atomic mass is 10.1. The average Bonchev–Trinajstić information content (AvgIpc) is 2.82. The van der Waals surface area contributed by atoms with Crippen LogP contribution in [-0.4, -0.2) is 52.4 Å². The van der Waals surface area contributed by atoms with Crippen LogP contribution in [0, 0.1) is 0 Å². The van der Waals surface area contributed by atoms with Gasteiger partial charge in [0.15, 0.2) is 0 Å². The van der Waals surface area contributed by atoms with Crippen LogP contribution in [0.3, 0.4) is 0 Å². The molecule has 1 aromatic carbocycles. The monoisotopic (exact) mass is 264 g/mol. The van der Waals surface area contributed by atoms with Crippen molar-refractivity contribution in [3.05, 3.63) is 29.3 Å². The Hall–Kier alpha value is -1.10. The third kappa shape index (κ3) is 2.91. The van der Waals surface area contributed by atoms with Crippen molar-refractivity contribution in [2.45, 2.75) is 18.5 Å². The summed E-state index contributed by atoms with van der Waals surface area (Å²) in [6.07, 6.45) is 1.07. The van der Waals surface area contributed by atoms with Crippen LogP contribution < -0.4 is 10.1 Å². The molecule has 4 heteroatoms. The molecule has 1 N–H and O–H groups in total. The summed E-state index contributed by atoms with van der Waals surface area (Å²) >= 11 is 0. The van der Waals surface area contributed by atoms with Crippen LogP contribution >= 0.6 is 0 Å². The zero-order chi connectivity index (χ0) is 13.8. The third-order valence-electron chi connectivity index (χ3n) is 4.03. The van der Waals surface area contributed by atoms with E-state index in [1.165, 1.54) is 11.1 Å². The van der Waals surface area contributed by atoms with Crippen LogP contribution in [0.1, 0.15) is 17.2 Å². The Kier molecular flexibility index (Phi) is 4.80. The molecule has 0 spiro atoms. The Balaban J connectivity index is 2.18. The first-order chi connectivity index (χ1) is 9.21. The number of benzene rings is 1. The van der Waals surface area contributed by atoms with Crippen molar-refractivity contribution < 1.29 is 9.47 Å². The highest BCUT2D eigenvalue weighted by molar-refractivity contribution is 5.42. The van der Waals surface area contributed by atoms with Crippen molar-refractivity contribution >= 4 is 0 Å². The van der Waals surface area contributed by atoms with Crippen LogP contribution in [0.25, 0.3) is 0 Å². The summed E-state index contributed by atoms with van der Waals surface area (Å²) in [6, 6.07) is 7.21. The zero-order valence-electron chi connectivity index (χ0n) is 12.3. The summed E-state index contributed by atoms with van der Waals surface area (Å²) in [5.41, 5.74) is 2.77. The average molecular weight is 264 g/mol. The van der Waals surface area contributed by atoms with Crippen LogP contribution in [0.5, 0.6) is 5.75 Å². The van der Waals surface area contributed by atoms with Crippen molar-refractivity contribution in [2.24, 2.45) is 0 Å². The number of hydrogen-bond acceptors (Lipinski definition) is 4. The van der Waals surface area contributed by atoms with Gasteiger partial charge in [0.25, 0.3) is 0 Å². The molecule has 0 heterocycles. The Labute approximate surface area is 115 Å². The van der Waals surface area contributed by atoms with E-state index in [4.69, 9.17) is 9.47 Å². The number of methoxy groups -OCH3 is 2. The van der Waals surface area contributed by atoms with Gasteiger partial charge in [0.1, 0.15) is 5.75 Å². The maximum Gasteiger partial charge on any atom is 0.119 e. The standard InChI is InChI=1S/C15H24N2O2/c1-16-15-13-10-12(19-4)6-5-11(13)9-14(15)17(2)7-8-18-3/h5-6,10,14-16H,7-9H2,1-4H3. The second kappa shape index (κ2) is 6.37. The highest BCUT2D eigenvalue weighted by Crippen LogP contribution is 2.36. The minimum atomic E-state index is 0.354. The lowest BCUT2D eigenvalue weighted by molar-refractivity contribution is 0.128. The van der Waals surface area contributed by atoms with Gasteiger partial charge in [0, 0.05) is 25.7 Å². The van der Waals surface area contributed by atoms with Crippen molar-refractivity contribution in [1.29, 1.82) is 0 Å². The topological polar surface area (TPSA) is 33.7 Å². The summed E-state index contributed by atoms with van der Waals surface area (Å²) in [5, 5.41) is 3.44. The molecule has 0 fully saturated rings. The van der Waals surface area contributed by atoms with E-state index in [-0.39, 0.29) is 0 Å². The molecule has 0 aliphatic heterocycles. The molecule has 0 radical (unpaired) electrons. The fraction of sp³-hybridized carbons (Fsp3) is 0.600. The third-order valence-corrected chi connectivity index (χ3v) is 4.03. The number of nitrogens with one attached hydrogen (secondary N) is 1. The molecule has 0 saturated heterocycles. The van der Waals surface area contributed by atoms with Gasteiger partial charge in [0.2, 0.25) is 0 Å². The molecule has 0 bridgehead atoms. The Bertz CT molecular complexity index is 423. The fourth-order valence-corrected chi connectivity index (χ4v) is 2.89. The Morgan fingerprint density at radius 2 is 2.16 bits per heavy atom. The molecule has 106 valence electrons. The Morgan fingerprint density at radius 1 is 1.37 bits per heavy atom. The van der Waals surface area contributed by atoms with Crippen LogP contribution in [0.2, 0.25) is 0 Å². The lowest BCUT2D eigenvalue weighted by Crippen LogP contribution is -2.41. The van der Waals surface area contributed by atoms with E-state index in [9.17, 15) is 0 Å². The highest BCUT2D eigenvalue weighted by Gasteiger charge is 2.34. The van der Waals surface area contributed by atoms with E-state index < -0.39 is 0 Å². The quantitative estimate of drug-likeness (QED) is 0.843. The van der Waals surface area contributed by atoms with Gasteiger partial charge >= 0.3 is 0 Å². The highest BCUT2D eigenvalue weighted by atomic mass is 16.5. The first kappa shape index (κ1) is 14.3. The second-order valence-corrected chi connectivity index (χ2v) is 5.08. The normalized spacial score (nSPS) is 21.7.